The molecule has 3 aliphatic heterocycles. The van der Waals surface area contributed by atoms with Crippen LogP contribution in [0, 0.1) is 5.41 Å². The van der Waals surface area contributed by atoms with Gasteiger partial charge in [-0.25, -0.2) is 8.42 Å². The van der Waals surface area contributed by atoms with Crippen LogP contribution in [-0.2, 0) is 19.4 Å². The molecule has 0 radical (unpaired) electrons. The zero-order valence-corrected chi connectivity index (χ0v) is 17.2. The molecule has 3 heterocycles. The topological polar surface area (TPSA) is 74.8 Å². The second-order valence-electron chi connectivity index (χ2n) is 7.38. The first-order chi connectivity index (χ1) is 12.0. The van der Waals surface area contributed by atoms with E-state index in [1.807, 2.05) is 13.8 Å². The summed E-state index contributed by atoms with van der Waals surface area (Å²) >= 11 is 1.24. The van der Waals surface area contributed by atoms with E-state index in [2.05, 4.69) is 0 Å². The van der Waals surface area contributed by atoms with Crippen molar-refractivity contribution in [1.82, 2.24) is 9.80 Å². The van der Waals surface area contributed by atoms with Gasteiger partial charge in [0.1, 0.15) is 10.7 Å². The van der Waals surface area contributed by atoms with Crippen LogP contribution < -0.4 is 0 Å². The fraction of sp³-hybridized carbons (Fsp3) is 0.556. The smallest absolute Gasteiger partial charge is 0.240 e. The molecule has 142 valence electrons. The van der Waals surface area contributed by atoms with Gasteiger partial charge in [-0.3, -0.25) is 9.59 Å². The second-order valence-corrected chi connectivity index (χ2v) is 10.5. The van der Waals surface area contributed by atoms with Gasteiger partial charge in [0.2, 0.25) is 11.8 Å². The Morgan fingerprint density at radius 3 is 2.23 bits per heavy atom. The summed E-state index contributed by atoms with van der Waals surface area (Å²) < 4.78 is 27.0. The molecule has 3 atom stereocenters. The minimum atomic E-state index is -3.76. The van der Waals surface area contributed by atoms with Gasteiger partial charge < -0.3 is 9.80 Å². The molecule has 26 heavy (non-hydrogen) atoms. The summed E-state index contributed by atoms with van der Waals surface area (Å²) in [7, 11) is -2.15. The van der Waals surface area contributed by atoms with Crippen molar-refractivity contribution in [2.75, 3.05) is 13.3 Å². The largest absolute Gasteiger partial charge is 0.312 e. The molecule has 0 saturated carbocycles. The third-order valence-electron chi connectivity index (χ3n) is 5.57. The molecule has 0 aliphatic carbocycles. The lowest BCUT2D eigenvalue weighted by Crippen LogP contribution is -2.82. The Hall–Kier alpha value is -1.54. The highest BCUT2D eigenvalue weighted by Crippen LogP contribution is 2.56. The Morgan fingerprint density at radius 1 is 1.15 bits per heavy atom. The van der Waals surface area contributed by atoms with E-state index in [4.69, 9.17) is 0 Å². The first kappa shape index (κ1) is 19.2. The van der Waals surface area contributed by atoms with Gasteiger partial charge in [-0.1, -0.05) is 18.2 Å². The Morgan fingerprint density at radius 2 is 1.73 bits per heavy atom. The van der Waals surface area contributed by atoms with Crippen molar-refractivity contribution in [3.63, 3.8) is 0 Å². The van der Waals surface area contributed by atoms with Gasteiger partial charge in [0.15, 0.2) is 14.8 Å². The first-order valence-corrected chi connectivity index (χ1v) is 11.3. The highest BCUT2D eigenvalue weighted by atomic mass is 32.2. The number of piperidine rings is 2. The number of benzene rings is 1. The fourth-order valence-corrected chi connectivity index (χ4v) is 8.24. The molecule has 2 bridgehead atoms. The van der Waals surface area contributed by atoms with E-state index in [0.29, 0.717) is 0 Å². The Bertz CT molecular complexity index is 855. The van der Waals surface area contributed by atoms with Gasteiger partial charge in [0.05, 0.1) is 4.90 Å². The number of amides is 2. The molecule has 3 aliphatic rings. The van der Waals surface area contributed by atoms with Gasteiger partial charge in [-0.2, -0.15) is 0 Å². The molecule has 2 amide bonds. The fourth-order valence-electron chi connectivity index (χ4n) is 4.29. The van der Waals surface area contributed by atoms with E-state index in [1.54, 1.807) is 55.5 Å². The number of carbonyl (C=O) groups is 2. The van der Waals surface area contributed by atoms with E-state index in [9.17, 15) is 18.0 Å². The zero-order valence-electron chi connectivity index (χ0n) is 15.6. The summed E-state index contributed by atoms with van der Waals surface area (Å²) in [6.45, 7) is 5.27. The monoisotopic (exact) mass is 396 g/mol. The number of nitrogens with zero attached hydrogens (tertiary/aromatic N) is 2. The van der Waals surface area contributed by atoms with Crippen molar-refractivity contribution in [2.45, 2.75) is 48.4 Å². The standard InChI is InChI=1S/C18H24N2O4S2/c1-12(2)20-16(22)17(3)11-14(18(20,25-5)19(4)15(17)21)26(23,24)13-9-7-6-8-10-13/h6-10,12,14H,11H2,1-5H3/t14-,17+,18+/m0/s1. The summed E-state index contributed by atoms with van der Waals surface area (Å²) in [6, 6.07) is 8.02. The summed E-state index contributed by atoms with van der Waals surface area (Å²) in [6.07, 6.45) is 1.75. The highest BCUT2D eigenvalue weighted by Gasteiger charge is 2.72. The minimum absolute atomic E-state index is 0.00368. The lowest BCUT2D eigenvalue weighted by molar-refractivity contribution is -0.189. The van der Waals surface area contributed by atoms with E-state index in [-0.39, 0.29) is 29.2 Å². The average Bonchev–Trinajstić information content (AvgIpc) is 2.61. The molecule has 3 saturated heterocycles. The molecule has 1 aromatic rings. The molecular formula is C18H24N2O4S2. The van der Waals surface area contributed by atoms with E-state index >= 15 is 0 Å². The molecule has 4 rings (SSSR count). The summed E-state index contributed by atoms with van der Waals surface area (Å²) in [5.74, 6) is -0.599. The second kappa shape index (κ2) is 5.99. The third kappa shape index (κ3) is 2.21. The van der Waals surface area contributed by atoms with Crippen LogP contribution in [0.5, 0.6) is 0 Å². The zero-order chi connectivity index (χ0) is 19.5. The van der Waals surface area contributed by atoms with E-state index < -0.39 is 25.5 Å². The van der Waals surface area contributed by atoms with Crippen LogP contribution in [0.3, 0.4) is 0 Å². The predicted molar refractivity (Wildman–Crippen MR) is 101 cm³/mol. The van der Waals surface area contributed by atoms with Crippen LogP contribution in [0.1, 0.15) is 27.2 Å². The summed E-state index contributed by atoms with van der Waals surface area (Å²) in [4.78, 5) is 28.1. The van der Waals surface area contributed by atoms with E-state index in [1.165, 1.54) is 16.7 Å². The number of thioether (sulfide) groups is 1. The molecule has 0 aromatic heterocycles. The highest BCUT2D eigenvalue weighted by molar-refractivity contribution is 8.01. The first-order valence-electron chi connectivity index (χ1n) is 8.51. The number of rotatable bonds is 4. The summed E-state index contributed by atoms with van der Waals surface area (Å²) in [5, 5.41) is -0.903. The van der Waals surface area contributed by atoms with Crippen LogP contribution in [0.25, 0.3) is 0 Å². The van der Waals surface area contributed by atoms with Crippen molar-refractivity contribution < 1.29 is 18.0 Å². The van der Waals surface area contributed by atoms with E-state index in [0.717, 1.165) is 0 Å². The lowest BCUT2D eigenvalue weighted by Gasteiger charge is -2.64. The predicted octanol–water partition coefficient (Wildman–Crippen LogP) is 1.96. The molecule has 0 spiro atoms. The average molecular weight is 397 g/mol. The van der Waals surface area contributed by atoms with Crippen molar-refractivity contribution in [1.29, 1.82) is 0 Å². The van der Waals surface area contributed by atoms with Crippen LogP contribution in [0.2, 0.25) is 0 Å². The quantitative estimate of drug-likeness (QED) is 0.728. The van der Waals surface area contributed by atoms with Crippen LogP contribution in [-0.4, -0.2) is 59.6 Å². The van der Waals surface area contributed by atoms with Gasteiger partial charge in [0.25, 0.3) is 0 Å². The molecule has 1 aromatic carbocycles. The number of carbonyl (C=O) groups excluding carboxylic acids is 2. The van der Waals surface area contributed by atoms with Gasteiger partial charge in [-0.15, -0.1) is 11.8 Å². The van der Waals surface area contributed by atoms with Crippen molar-refractivity contribution >= 4 is 33.4 Å². The maximum atomic E-state index is 13.5. The minimum Gasteiger partial charge on any atom is -0.312 e. The molecule has 6 nitrogen and oxygen atoms in total. The van der Waals surface area contributed by atoms with Crippen LogP contribution in [0.4, 0.5) is 0 Å². The Balaban J connectivity index is 2.28. The van der Waals surface area contributed by atoms with Crippen molar-refractivity contribution in [2.24, 2.45) is 5.41 Å². The maximum Gasteiger partial charge on any atom is 0.240 e. The van der Waals surface area contributed by atoms with Gasteiger partial charge in [-0.05, 0) is 45.6 Å². The lowest BCUT2D eigenvalue weighted by atomic mass is 9.73. The maximum absolute atomic E-state index is 13.5. The third-order valence-corrected chi connectivity index (χ3v) is 9.25. The number of hydrogen-bond donors (Lipinski definition) is 0. The Kier molecular flexibility index (Phi) is 4.43. The molecule has 8 heteroatoms. The molecular weight excluding hydrogens is 372 g/mol. The number of hydrogen-bond acceptors (Lipinski definition) is 5. The van der Waals surface area contributed by atoms with Crippen molar-refractivity contribution in [3.8, 4) is 0 Å². The SMILES string of the molecule is CS[C@]12[C@@H](S(=O)(=O)c3ccccc3)C[C@](C)(C(=O)N1C)C(=O)N2C(C)C. The number of fused-ring (bicyclic) bond motifs is 3. The van der Waals surface area contributed by atoms with Crippen molar-refractivity contribution in [3.05, 3.63) is 30.3 Å². The summed E-state index contributed by atoms with van der Waals surface area (Å²) in [5.41, 5.74) is -1.36. The molecule has 0 unspecified atom stereocenters. The van der Waals surface area contributed by atoms with Gasteiger partial charge >= 0.3 is 0 Å². The normalized spacial score (nSPS) is 31.8. The van der Waals surface area contributed by atoms with Crippen LogP contribution >= 0.6 is 11.8 Å². The molecule has 0 N–H and O–H groups in total. The molecule has 3 fully saturated rings. The van der Waals surface area contributed by atoms with Crippen LogP contribution in [0.15, 0.2) is 35.2 Å². The Labute approximate surface area is 158 Å². The number of sulfone groups is 1. The van der Waals surface area contributed by atoms with Gasteiger partial charge in [0, 0.05) is 13.1 Å².